The van der Waals surface area contributed by atoms with E-state index in [1.807, 2.05) is 6.92 Å². The van der Waals surface area contributed by atoms with Crippen LogP contribution >= 0.6 is 0 Å². The van der Waals surface area contributed by atoms with Gasteiger partial charge in [0.25, 0.3) is 0 Å². The van der Waals surface area contributed by atoms with Crippen LogP contribution in [0.2, 0.25) is 0 Å². The molecule has 0 bridgehead atoms. The molecule has 1 saturated carbocycles. The van der Waals surface area contributed by atoms with Gasteiger partial charge < -0.3 is 14.7 Å². The Balaban J connectivity index is 2.58. The average molecular weight is 243 g/mol. The van der Waals surface area contributed by atoms with Crippen LogP contribution in [0.15, 0.2) is 0 Å². The van der Waals surface area contributed by atoms with Crippen LogP contribution in [0.5, 0.6) is 0 Å². The normalized spacial score (nSPS) is 27.5. The Labute approximate surface area is 102 Å². The molecule has 2 atom stereocenters. The minimum Gasteiger partial charge on any atom is -0.481 e. The fraction of sp³-hybridized carbons (Fsp3) is 0.833. The van der Waals surface area contributed by atoms with Crippen molar-refractivity contribution < 1.29 is 19.4 Å². The van der Waals surface area contributed by atoms with Crippen LogP contribution in [-0.2, 0) is 9.53 Å². The van der Waals surface area contributed by atoms with E-state index in [9.17, 15) is 9.59 Å². The fourth-order valence-electron chi connectivity index (χ4n) is 1.90. The lowest BCUT2D eigenvalue weighted by molar-refractivity contribution is -0.144. The van der Waals surface area contributed by atoms with Crippen LogP contribution in [0.1, 0.15) is 34.1 Å². The van der Waals surface area contributed by atoms with Crippen LogP contribution in [0, 0.1) is 11.3 Å². The fourth-order valence-corrected chi connectivity index (χ4v) is 1.90. The number of nitrogens with zero attached hydrogens (tertiary/aromatic N) is 1. The molecule has 5 nitrogen and oxygen atoms in total. The van der Waals surface area contributed by atoms with Crippen molar-refractivity contribution in [3.05, 3.63) is 0 Å². The number of ether oxygens (including phenoxy) is 1. The highest BCUT2D eigenvalue weighted by molar-refractivity contribution is 5.80. The van der Waals surface area contributed by atoms with Gasteiger partial charge in [-0.2, -0.15) is 0 Å². The van der Waals surface area contributed by atoms with Crippen LogP contribution in [0.3, 0.4) is 0 Å². The summed E-state index contributed by atoms with van der Waals surface area (Å²) in [6.07, 6.45) is 0.146. The minimum atomic E-state index is -0.833. The number of hydrogen-bond acceptors (Lipinski definition) is 3. The second-order valence-corrected chi connectivity index (χ2v) is 5.90. The molecule has 0 saturated heterocycles. The molecule has 0 aromatic carbocycles. The molecule has 1 rings (SSSR count). The van der Waals surface area contributed by atoms with Crippen molar-refractivity contribution in [2.75, 3.05) is 13.6 Å². The Morgan fingerprint density at radius 3 is 2.24 bits per heavy atom. The van der Waals surface area contributed by atoms with Crippen molar-refractivity contribution in [2.24, 2.45) is 11.3 Å². The number of carbonyl (C=O) groups is 2. The maximum absolute atomic E-state index is 11.7. The maximum Gasteiger partial charge on any atom is 0.410 e. The first kappa shape index (κ1) is 13.8. The van der Waals surface area contributed by atoms with Crippen molar-refractivity contribution in [2.45, 2.75) is 39.7 Å². The lowest BCUT2D eigenvalue weighted by Gasteiger charge is -2.26. The molecule has 0 heterocycles. The molecule has 5 heteroatoms. The Morgan fingerprint density at radius 1 is 1.47 bits per heavy atom. The van der Waals surface area contributed by atoms with E-state index in [1.54, 1.807) is 27.8 Å². The second kappa shape index (κ2) is 4.20. The number of aliphatic carboxylic acids is 1. The first-order valence-electron chi connectivity index (χ1n) is 5.76. The Bertz CT molecular complexity index is 334. The smallest absolute Gasteiger partial charge is 0.410 e. The molecule has 0 radical (unpaired) electrons. The standard InChI is InChI=1S/C12H21NO4/c1-8-6-12(8,9(14)15)7-13(5)10(16)17-11(2,3)4/h8H,6-7H2,1-5H3,(H,14,15). The van der Waals surface area contributed by atoms with Gasteiger partial charge in [-0.05, 0) is 33.1 Å². The average Bonchev–Trinajstić information content (AvgIpc) is 2.74. The number of amides is 1. The van der Waals surface area contributed by atoms with Crippen LogP contribution < -0.4 is 0 Å². The van der Waals surface area contributed by atoms with E-state index >= 15 is 0 Å². The SMILES string of the molecule is CC1CC1(CN(C)C(=O)OC(C)(C)C)C(=O)O. The maximum atomic E-state index is 11.7. The van der Waals surface area contributed by atoms with Gasteiger partial charge in [0.1, 0.15) is 5.60 Å². The highest BCUT2D eigenvalue weighted by atomic mass is 16.6. The third-order valence-electron chi connectivity index (χ3n) is 3.10. The molecular formula is C12H21NO4. The van der Waals surface area contributed by atoms with E-state index < -0.39 is 23.1 Å². The molecule has 1 aliphatic carbocycles. The largest absolute Gasteiger partial charge is 0.481 e. The van der Waals surface area contributed by atoms with Gasteiger partial charge in [-0.1, -0.05) is 6.92 Å². The first-order valence-corrected chi connectivity index (χ1v) is 5.76. The quantitative estimate of drug-likeness (QED) is 0.822. The molecule has 0 aliphatic heterocycles. The lowest BCUT2D eigenvalue weighted by Crippen LogP contribution is -2.40. The summed E-state index contributed by atoms with van der Waals surface area (Å²) in [4.78, 5) is 24.2. The van der Waals surface area contributed by atoms with Gasteiger partial charge in [0.05, 0.1) is 5.41 Å². The molecule has 0 aromatic heterocycles. The van der Waals surface area contributed by atoms with Gasteiger partial charge >= 0.3 is 12.1 Å². The molecule has 98 valence electrons. The van der Waals surface area contributed by atoms with Crippen molar-refractivity contribution in [3.63, 3.8) is 0 Å². The van der Waals surface area contributed by atoms with Crippen LogP contribution in [0.4, 0.5) is 4.79 Å². The van der Waals surface area contributed by atoms with Crippen molar-refractivity contribution >= 4 is 12.1 Å². The van der Waals surface area contributed by atoms with Gasteiger partial charge in [0, 0.05) is 13.6 Å². The van der Waals surface area contributed by atoms with Crippen LogP contribution in [-0.4, -0.2) is 41.3 Å². The Hall–Kier alpha value is -1.26. The summed E-state index contributed by atoms with van der Waals surface area (Å²) in [6.45, 7) is 7.44. The third-order valence-corrected chi connectivity index (χ3v) is 3.10. The third kappa shape index (κ3) is 3.11. The summed E-state index contributed by atoms with van der Waals surface area (Å²) < 4.78 is 5.18. The summed E-state index contributed by atoms with van der Waals surface area (Å²) in [5, 5.41) is 9.16. The number of carboxylic acids is 1. The molecule has 0 aromatic rings. The summed E-state index contributed by atoms with van der Waals surface area (Å²) in [5.74, 6) is -0.717. The van der Waals surface area contributed by atoms with Gasteiger partial charge in [-0.3, -0.25) is 4.79 Å². The number of carboxylic acid groups (broad SMARTS) is 1. The van der Waals surface area contributed by atoms with E-state index in [0.717, 1.165) is 0 Å². The molecule has 1 aliphatic rings. The van der Waals surface area contributed by atoms with E-state index in [2.05, 4.69) is 0 Å². The second-order valence-electron chi connectivity index (χ2n) is 5.90. The van der Waals surface area contributed by atoms with E-state index in [-0.39, 0.29) is 12.5 Å². The molecule has 0 spiro atoms. The monoisotopic (exact) mass is 243 g/mol. The molecule has 2 unspecified atom stereocenters. The van der Waals surface area contributed by atoms with Crippen LogP contribution in [0.25, 0.3) is 0 Å². The van der Waals surface area contributed by atoms with Crippen molar-refractivity contribution in [1.82, 2.24) is 4.90 Å². The highest BCUT2D eigenvalue weighted by Crippen LogP contribution is 2.52. The van der Waals surface area contributed by atoms with Gasteiger partial charge in [0.15, 0.2) is 0 Å². The first-order chi connectivity index (χ1) is 7.58. The number of rotatable bonds is 3. The zero-order valence-electron chi connectivity index (χ0n) is 11.1. The Kier molecular flexibility index (Phi) is 3.41. The van der Waals surface area contributed by atoms with E-state index in [1.165, 1.54) is 4.90 Å². The molecule has 1 fully saturated rings. The van der Waals surface area contributed by atoms with E-state index in [0.29, 0.717) is 6.42 Å². The minimum absolute atomic E-state index is 0.116. The van der Waals surface area contributed by atoms with Crippen molar-refractivity contribution in [3.8, 4) is 0 Å². The molecule has 1 amide bonds. The molecule has 17 heavy (non-hydrogen) atoms. The summed E-state index contributed by atoms with van der Waals surface area (Å²) in [5.41, 5.74) is -1.33. The molecule has 1 N–H and O–H groups in total. The molecular weight excluding hydrogens is 222 g/mol. The highest BCUT2D eigenvalue weighted by Gasteiger charge is 2.58. The predicted octanol–water partition coefficient (Wildman–Crippen LogP) is 1.96. The van der Waals surface area contributed by atoms with Gasteiger partial charge in [0.2, 0.25) is 0 Å². The van der Waals surface area contributed by atoms with Gasteiger partial charge in [-0.25, -0.2) is 4.79 Å². The number of carbonyl (C=O) groups excluding carboxylic acids is 1. The summed E-state index contributed by atoms with van der Waals surface area (Å²) >= 11 is 0. The zero-order valence-corrected chi connectivity index (χ0v) is 11.1. The van der Waals surface area contributed by atoms with E-state index in [4.69, 9.17) is 9.84 Å². The lowest BCUT2D eigenvalue weighted by atomic mass is 10.0. The van der Waals surface area contributed by atoms with Crippen molar-refractivity contribution in [1.29, 1.82) is 0 Å². The zero-order chi connectivity index (χ0) is 13.4. The predicted molar refractivity (Wildman–Crippen MR) is 62.7 cm³/mol. The summed E-state index contributed by atoms with van der Waals surface area (Å²) in [7, 11) is 1.57. The topological polar surface area (TPSA) is 66.8 Å². The number of hydrogen-bond donors (Lipinski definition) is 1. The summed E-state index contributed by atoms with van der Waals surface area (Å²) in [6, 6.07) is 0. The Morgan fingerprint density at radius 2 is 1.94 bits per heavy atom. The van der Waals surface area contributed by atoms with Gasteiger partial charge in [-0.15, -0.1) is 0 Å².